The predicted molar refractivity (Wildman–Crippen MR) is 115 cm³/mol. The van der Waals surface area contributed by atoms with Crippen LogP contribution >= 0.6 is 11.6 Å². The summed E-state index contributed by atoms with van der Waals surface area (Å²) < 4.78 is 41.9. The number of aliphatic imine (C=N–C) groups is 2. The molecule has 0 aliphatic heterocycles. The van der Waals surface area contributed by atoms with Crippen LogP contribution in [0.25, 0.3) is 0 Å². The smallest absolute Gasteiger partial charge is 0.406 e. The molecule has 2 aromatic rings. The molecule has 1 aliphatic rings. The van der Waals surface area contributed by atoms with E-state index in [9.17, 15) is 18.0 Å². The summed E-state index contributed by atoms with van der Waals surface area (Å²) in [7, 11) is 0. The number of nitrogens with zero attached hydrogens (tertiary/aromatic N) is 4. The maximum absolute atomic E-state index is 13.4. The zero-order chi connectivity index (χ0) is 23.3. The summed E-state index contributed by atoms with van der Waals surface area (Å²) in [4.78, 5) is 27.5. The van der Waals surface area contributed by atoms with Crippen LogP contribution in [-0.4, -0.2) is 46.9 Å². The third-order valence-electron chi connectivity index (χ3n) is 4.69. The molecule has 0 bridgehead atoms. The maximum Gasteiger partial charge on any atom is 0.573 e. The Labute approximate surface area is 187 Å². The number of pyridine rings is 1. The SMILES string of the molecule is CC(C(N=CN)=Nc1ccccn1)N(CC1CC1)C(=O)c1cc(Cl)cc(OC(F)(F)F)c1. The van der Waals surface area contributed by atoms with Crippen LogP contribution in [0.4, 0.5) is 19.0 Å². The molecule has 1 heterocycles. The van der Waals surface area contributed by atoms with Gasteiger partial charge in [-0.05, 0) is 56.0 Å². The van der Waals surface area contributed by atoms with Gasteiger partial charge in [0.15, 0.2) is 11.7 Å². The molecule has 11 heteroatoms. The Morgan fingerprint density at radius 3 is 2.72 bits per heavy atom. The van der Waals surface area contributed by atoms with Gasteiger partial charge in [0, 0.05) is 23.3 Å². The van der Waals surface area contributed by atoms with Gasteiger partial charge in [0.1, 0.15) is 5.75 Å². The van der Waals surface area contributed by atoms with Gasteiger partial charge in [-0.25, -0.2) is 15.0 Å². The first-order valence-electron chi connectivity index (χ1n) is 9.77. The minimum absolute atomic E-state index is 0.0434. The van der Waals surface area contributed by atoms with Gasteiger partial charge in [0.2, 0.25) is 0 Å². The van der Waals surface area contributed by atoms with Crippen molar-refractivity contribution in [2.45, 2.75) is 32.2 Å². The van der Waals surface area contributed by atoms with E-state index in [0.717, 1.165) is 31.3 Å². The molecule has 1 aliphatic carbocycles. The zero-order valence-corrected chi connectivity index (χ0v) is 17.8. The molecule has 2 N–H and O–H groups in total. The van der Waals surface area contributed by atoms with E-state index < -0.39 is 24.1 Å². The van der Waals surface area contributed by atoms with E-state index in [4.69, 9.17) is 17.3 Å². The predicted octanol–water partition coefficient (Wildman–Crippen LogP) is 4.59. The van der Waals surface area contributed by atoms with E-state index in [1.54, 1.807) is 31.3 Å². The van der Waals surface area contributed by atoms with Crippen LogP contribution in [-0.2, 0) is 0 Å². The standard InChI is InChI=1S/C21H21ClF3N5O2/c1-13(19(28-12-26)29-18-4-2-3-7-27-18)30(11-14-5-6-14)20(31)15-8-16(22)10-17(9-15)32-21(23,24)25/h2-4,7-10,12-14H,5-6,11H2,1H3,(H2,26,27,28,29). The van der Waals surface area contributed by atoms with E-state index >= 15 is 0 Å². The van der Waals surface area contributed by atoms with E-state index in [1.807, 2.05) is 0 Å². The average Bonchev–Trinajstić information content (AvgIpc) is 3.54. The molecule has 1 unspecified atom stereocenters. The molecule has 0 radical (unpaired) electrons. The fraction of sp³-hybridized carbons (Fsp3) is 0.333. The Balaban J connectivity index is 1.95. The summed E-state index contributed by atoms with van der Waals surface area (Å²) in [6.07, 6.45) is -0.395. The van der Waals surface area contributed by atoms with Crippen molar-refractivity contribution in [2.75, 3.05) is 6.54 Å². The highest BCUT2D eigenvalue weighted by Crippen LogP contribution is 2.32. The van der Waals surface area contributed by atoms with E-state index in [-0.39, 0.29) is 22.3 Å². The molecule has 0 saturated heterocycles. The molecule has 3 rings (SSSR count). The van der Waals surface area contributed by atoms with E-state index in [1.165, 1.54) is 11.0 Å². The molecular weight excluding hydrogens is 447 g/mol. The Bertz CT molecular complexity index is 1010. The van der Waals surface area contributed by atoms with E-state index in [0.29, 0.717) is 12.4 Å². The maximum atomic E-state index is 13.4. The second-order valence-electron chi connectivity index (χ2n) is 7.24. The molecule has 1 fully saturated rings. The van der Waals surface area contributed by atoms with E-state index in [2.05, 4.69) is 19.7 Å². The van der Waals surface area contributed by atoms with Gasteiger partial charge in [0.05, 0.1) is 12.4 Å². The number of benzene rings is 1. The number of carbonyl (C=O) groups is 1. The summed E-state index contributed by atoms with van der Waals surface area (Å²) in [6.45, 7) is 2.09. The van der Waals surface area contributed by atoms with Gasteiger partial charge in [0.25, 0.3) is 5.91 Å². The average molecular weight is 468 g/mol. The number of hydrogen-bond donors (Lipinski definition) is 1. The lowest BCUT2D eigenvalue weighted by Gasteiger charge is -2.29. The van der Waals surface area contributed by atoms with Gasteiger partial charge in [-0.1, -0.05) is 17.7 Å². The Kier molecular flexibility index (Phi) is 7.34. The molecule has 0 spiro atoms. The summed E-state index contributed by atoms with van der Waals surface area (Å²) in [5, 5.41) is -0.0588. The zero-order valence-electron chi connectivity index (χ0n) is 17.1. The van der Waals surface area contributed by atoms with Crippen LogP contribution in [0.3, 0.4) is 0 Å². The highest BCUT2D eigenvalue weighted by Gasteiger charge is 2.34. The largest absolute Gasteiger partial charge is 0.573 e. The third kappa shape index (κ3) is 6.68. The lowest BCUT2D eigenvalue weighted by Crippen LogP contribution is -2.44. The number of hydrogen-bond acceptors (Lipinski definition) is 4. The first-order valence-corrected chi connectivity index (χ1v) is 10.1. The second kappa shape index (κ2) is 9.99. The number of carbonyl (C=O) groups excluding carboxylic acids is 1. The molecule has 1 atom stereocenters. The highest BCUT2D eigenvalue weighted by molar-refractivity contribution is 6.31. The Morgan fingerprint density at radius 2 is 2.12 bits per heavy atom. The quantitative estimate of drug-likeness (QED) is 0.476. The number of amides is 1. The van der Waals surface area contributed by atoms with Crippen LogP contribution in [0.15, 0.2) is 52.6 Å². The molecule has 1 aromatic heterocycles. The molecule has 7 nitrogen and oxygen atoms in total. The Morgan fingerprint density at radius 1 is 1.38 bits per heavy atom. The van der Waals surface area contributed by atoms with Gasteiger partial charge in [-0.15, -0.1) is 13.2 Å². The van der Waals surface area contributed by atoms with Crippen LogP contribution in [0.2, 0.25) is 5.02 Å². The number of rotatable bonds is 7. The number of amidine groups is 1. The van der Waals surface area contributed by atoms with Crippen molar-refractivity contribution in [3.63, 3.8) is 0 Å². The minimum Gasteiger partial charge on any atom is -0.406 e. The number of aromatic nitrogens is 1. The number of halogens is 4. The summed E-state index contributed by atoms with van der Waals surface area (Å²) in [6, 6.07) is 7.81. The lowest BCUT2D eigenvalue weighted by molar-refractivity contribution is -0.274. The molecule has 1 saturated carbocycles. The van der Waals surface area contributed by atoms with Crippen molar-refractivity contribution in [2.24, 2.45) is 21.6 Å². The summed E-state index contributed by atoms with van der Waals surface area (Å²) >= 11 is 5.95. The van der Waals surface area contributed by atoms with Gasteiger partial charge < -0.3 is 15.4 Å². The second-order valence-corrected chi connectivity index (χ2v) is 7.67. The summed E-state index contributed by atoms with van der Waals surface area (Å²) in [5.74, 6) is -0.213. The molecular formula is C21H21ClF3N5O2. The number of alkyl halides is 3. The van der Waals surface area contributed by atoms with Crippen molar-refractivity contribution in [3.05, 3.63) is 53.2 Å². The first kappa shape index (κ1) is 23.5. The topological polar surface area (TPSA) is 93.2 Å². The van der Waals surface area contributed by atoms with Gasteiger partial charge in [-0.3, -0.25) is 4.79 Å². The molecule has 1 aromatic carbocycles. The van der Waals surface area contributed by atoms with Crippen LogP contribution in [0.1, 0.15) is 30.1 Å². The molecule has 32 heavy (non-hydrogen) atoms. The Hall–Kier alpha value is -3.14. The lowest BCUT2D eigenvalue weighted by atomic mass is 10.1. The minimum atomic E-state index is -4.91. The van der Waals surface area contributed by atoms with Crippen molar-refractivity contribution in [1.29, 1.82) is 0 Å². The van der Waals surface area contributed by atoms with Gasteiger partial charge in [-0.2, -0.15) is 0 Å². The summed E-state index contributed by atoms with van der Waals surface area (Å²) in [5.41, 5.74) is 5.44. The van der Waals surface area contributed by atoms with Crippen LogP contribution in [0.5, 0.6) is 5.75 Å². The molecule has 170 valence electrons. The highest BCUT2D eigenvalue weighted by atomic mass is 35.5. The molecule has 1 amide bonds. The van der Waals surface area contributed by atoms with Crippen molar-refractivity contribution in [3.8, 4) is 5.75 Å². The van der Waals surface area contributed by atoms with Crippen molar-refractivity contribution in [1.82, 2.24) is 9.88 Å². The monoisotopic (exact) mass is 467 g/mol. The number of nitrogens with two attached hydrogens (primary N) is 1. The van der Waals surface area contributed by atoms with Crippen LogP contribution < -0.4 is 10.5 Å². The first-order chi connectivity index (χ1) is 15.2. The fourth-order valence-electron chi connectivity index (χ4n) is 3.02. The van der Waals surface area contributed by atoms with Crippen molar-refractivity contribution >= 4 is 35.5 Å². The fourth-order valence-corrected chi connectivity index (χ4v) is 3.25. The van der Waals surface area contributed by atoms with Crippen molar-refractivity contribution < 1.29 is 22.7 Å². The number of ether oxygens (including phenoxy) is 1. The van der Waals surface area contributed by atoms with Gasteiger partial charge >= 0.3 is 6.36 Å². The van der Waals surface area contributed by atoms with Crippen LogP contribution in [0, 0.1) is 5.92 Å². The third-order valence-corrected chi connectivity index (χ3v) is 4.91. The normalized spacial score (nSPS) is 15.6.